The molecule has 0 atom stereocenters. The van der Waals surface area contributed by atoms with Gasteiger partial charge in [-0.2, -0.15) is 0 Å². The molecule has 0 aromatic heterocycles. The van der Waals surface area contributed by atoms with E-state index in [1.807, 2.05) is 0 Å². The average Bonchev–Trinajstić information content (AvgIpc) is 2.49. The van der Waals surface area contributed by atoms with Gasteiger partial charge < -0.3 is 15.2 Å². The van der Waals surface area contributed by atoms with Gasteiger partial charge in [-0.05, 0) is 43.9 Å². The lowest BCUT2D eigenvalue weighted by Gasteiger charge is -2.27. The van der Waals surface area contributed by atoms with E-state index < -0.39 is 0 Å². The minimum Gasteiger partial charge on any atom is -0.508 e. The van der Waals surface area contributed by atoms with Gasteiger partial charge in [0.2, 0.25) is 0 Å². The van der Waals surface area contributed by atoms with Crippen molar-refractivity contribution in [2.75, 3.05) is 7.11 Å². The summed E-state index contributed by atoms with van der Waals surface area (Å²) < 4.78 is 4.73. The largest absolute Gasteiger partial charge is 0.508 e. The summed E-state index contributed by atoms with van der Waals surface area (Å²) in [6, 6.07) is 4.27. The van der Waals surface area contributed by atoms with Crippen LogP contribution in [-0.4, -0.2) is 30.1 Å². The quantitative estimate of drug-likeness (QED) is 0.841. The Labute approximate surface area is 128 Å². The van der Waals surface area contributed by atoms with Crippen molar-refractivity contribution in [1.29, 1.82) is 0 Å². The predicted octanol–water partition coefficient (Wildman–Crippen LogP) is 2.51. The molecule has 114 valence electrons. The van der Waals surface area contributed by atoms with E-state index in [0.717, 1.165) is 12.8 Å². The van der Waals surface area contributed by atoms with Crippen molar-refractivity contribution in [1.82, 2.24) is 5.32 Å². The molecule has 5 nitrogen and oxygen atoms in total. The van der Waals surface area contributed by atoms with E-state index >= 15 is 0 Å². The van der Waals surface area contributed by atoms with E-state index in [1.165, 1.54) is 25.3 Å². The number of hydrogen-bond acceptors (Lipinski definition) is 4. The maximum Gasteiger partial charge on any atom is 0.308 e. The fourth-order valence-electron chi connectivity index (χ4n) is 2.59. The molecule has 1 saturated carbocycles. The molecule has 1 aliphatic carbocycles. The van der Waals surface area contributed by atoms with Crippen LogP contribution in [0.1, 0.15) is 36.0 Å². The molecule has 6 heteroatoms. The molecule has 0 saturated heterocycles. The number of carbonyl (C=O) groups excluding carboxylic acids is 2. The van der Waals surface area contributed by atoms with Gasteiger partial charge in [0.05, 0.1) is 23.6 Å². The van der Waals surface area contributed by atoms with Crippen LogP contribution in [-0.2, 0) is 9.53 Å². The van der Waals surface area contributed by atoms with Gasteiger partial charge in [0.15, 0.2) is 0 Å². The fraction of sp³-hybridized carbons (Fsp3) is 0.467. The number of phenols is 1. The maximum absolute atomic E-state index is 12.2. The SMILES string of the molecule is COC(=O)C1CCC(NC(=O)c2cc(O)ccc2Cl)CC1. The van der Waals surface area contributed by atoms with E-state index in [9.17, 15) is 14.7 Å². The lowest BCUT2D eigenvalue weighted by molar-refractivity contribution is -0.146. The number of methoxy groups -OCH3 is 1. The number of carbonyl (C=O) groups is 2. The summed E-state index contributed by atoms with van der Waals surface area (Å²) >= 11 is 5.96. The highest BCUT2D eigenvalue weighted by Gasteiger charge is 2.28. The first kappa shape index (κ1) is 15.6. The van der Waals surface area contributed by atoms with Gasteiger partial charge in [-0.1, -0.05) is 11.6 Å². The average molecular weight is 312 g/mol. The van der Waals surface area contributed by atoms with Crippen LogP contribution >= 0.6 is 11.6 Å². The Kier molecular flexibility index (Phi) is 5.07. The molecule has 1 fully saturated rings. The molecule has 21 heavy (non-hydrogen) atoms. The molecule has 0 aliphatic heterocycles. The summed E-state index contributed by atoms with van der Waals surface area (Å²) in [4.78, 5) is 23.6. The second kappa shape index (κ2) is 6.80. The third kappa shape index (κ3) is 3.88. The zero-order valence-electron chi connectivity index (χ0n) is 11.8. The van der Waals surface area contributed by atoms with Crippen LogP contribution in [0.5, 0.6) is 5.75 Å². The van der Waals surface area contributed by atoms with Crippen molar-refractivity contribution in [3.63, 3.8) is 0 Å². The van der Waals surface area contributed by atoms with Crippen molar-refractivity contribution in [2.45, 2.75) is 31.7 Å². The molecule has 0 bridgehead atoms. The van der Waals surface area contributed by atoms with Crippen LogP contribution in [0, 0.1) is 5.92 Å². The van der Waals surface area contributed by atoms with Crippen molar-refractivity contribution in [3.05, 3.63) is 28.8 Å². The van der Waals surface area contributed by atoms with Crippen molar-refractivity contribution in [3.8, 4) is 5.75 Å². The zero-order valence-corrected chi connectivity index (χ0v) is 12.5. The number of rotatable bonds is 3. The Balaban J connectivity index is 1.93. The van der Waals surface area contributed by atoms with E-state index in [4.69, 9.17) is 16.3 Å². The number of ether oxygens (including phenoxy) is 1. The molecule has 1 amide bonds. The van der Waals surface area contributed by atoms with Crippen LogP contribution in [0.2, 0.25) is 5.02 Å². The summed E-state index contributed by atoms with van der Waals surface area (Å²) in [6.07, 6.45) is 2.85. The second-order valence-electron chi connectivity index (χ2n) is 5.21. The number of nitrogens with one attached hydrogen (secondary N) is 1. The van der Waals surface area contributed by atoms with E-state index in [2.05, 4.69) is 5.32 Å². The molecule has 1 aliphatic rings. The Hall–Kier alpha value is -1.75. The normalized spacial score (nSPS) is 21.6. The lowest BCUT2D eigenvalue weighted by Crippen LogP contribution is -2.39. The number of aromatic hydroxyl groups is 1. The van der Waals surface area contributed by atoms with Crippen molar-refractivity contribution in [2.24, 2.45) is 5.92 Å². The summed E-state index contributed by atoms with van der Waals surface area (Å²) in [7, 11) is 1.39. The minimum atomic E-state index is -0.308. The third-order valence-corrected chi connectivity index (χ3v) is 4.12. The maximum atomic E-state index is 12.2. The van der Waals surface area contributed by atoms with Crippen molar-refractivity contribution < 1.29 is 19.4 Å². The van der Waals surface area contributed by atoms with E-state index in [1.54, 1.807) is 0 Å². The number of benzene rings is 1. The number of esters is 1. The van der Waals surface area contributed by atoms with Gasteiger partial charge >= 0.3 is 5.97 Å². The smallest absolute Gasteiger partial charge is 0.308 e. The Morgan fingerprint density at radius 1 is 1.29 bits per heavy atom. The van der Waals surface area contributed by atoms with Gasteiger partial charge in [0.25, 0.3) is 5.91 Å². The number of halogens is 1. The first-order valence-corrected chi connectivity index (χ1v) is 7.26. The first-order valence-electron chi connectivity index (χ1n) is 6.88. The first-order chi connectivity index (χ1) is 10.0. The second-order valence-corrected chi connectivity index (χ2v) is 5.62. The molecule has 2 N–H and O–H groups in total. The van der Waals surface area contributed by atoms with E-state index in [-0.39, 0.29) is 35.1 Å². The summed E-state index contributed by atoms with van der Waals surface area (Å²) in [5.41, 5.74) is 0.256. The molecular formula is C15H18ClNO4. The molecule has 0 radical (unpaired) electrons. The van der Waals surface area contributed by atoms with Gasteiger partial charge in [0, 0.05) is 6.04 Å². The Bertz CT molecular complexity index is 538. The number of amides is 1. The Morgan fingerprint density at radius 3 is 2.57 bits per heavy atom. The number of phenolic OH excluding ortho intramolecular Hbond substituents is 1. The van der Waals surface area contributed by atoms with Crippen LogP contribution in [0.3, 0.4) is 0 Å². The topological polar surface area (TPSA) is 75.6 Å². The molecule has 1 aromatic rings. The van der Waals surface area contributed by atoms with E-state index in [0.29, 0.717) is 17.9 Å². The van der Waals surface area contributed by atoms with Gasteiger partial charge in [-0.25, -0.2) is 0 Å². The molecule has 1 aromatic carbocycles. The highest BCUT2D eigenvalue weighted by atomic mass is 35.5. The third-order valence-electron chi connectivity index (χ3n) is 3.79. The standard InChI is InChI=1S/C15H18ClNO4/c1-21-15(20)9-2-4-10(5-3-9)17-14(19)12-8-11(18)6-7-13(12)16/h6-10,18H,2-5H2,1H3,(H,17,19). The predicted molar refractivity (Wildman–Crippen MR) is 78.3 cm³/mol. The molecule has 0 unspecified atom stereocenters. The monoisotopic (exact) mass is 311 g/mol. The van der Waals surface area contributed by atoms with Crippen LogP contribution in [0.25, 0.3) is 0 Å². The van der Waals surface area contributed by atoms with Gasteiger partial charge in [-0.3, -0.25) is 9.59 Å². The summed E-state index contributed by atoms with van der Waals surface area (Å²) in [5, 5.41) is 12.6. The zero-order chi connectivity index (χ0) is 15.4. The number of hydrogen-bond donors (Lipinski definition) is 2. The fourth-order valence-corrected chi connectivity index (χ4v) is 2.79. The van der Waals surface area contributed by atoms with Crippen LogP contribution in [0.4, 0.5) is 0 Å². The van der Waals surface area contributed by atoms with Gasteiger partial charge in [0.1, 0.15) is 5.75 Å². The molecule has 2 rings (SSSR count). The summed E-state index contributed by atoms with van der Waals surface area (Å²) in [6.45, 7) is 0. The van der Waals surface area contributed by atoms with Crippen LogP contribution in [0.15, 0.2) is 18.2 Å². The molecule has 0 spiro atoms. The molecular weight excluding hydrogens is 294 g/mol. The van der Waals surface area contributed by atoms with Gasteiger partial charge in [-0.15, -0.1) is 0 Å². The molecule has 0 heterocycles. The highest BCUT2D eigenvalue weighted by molar-refractivity contribution is 6.33. The Morgan fingerprint density at radius 2 is 1.95 bits per heavy atom. The van der Waals surface area contributed by atoms with Crippen LogP contribution < -0.4 is 5.32 Å². The minimum absolute atomic E-state index is 0.000973. The van der Waals surface area contributed by atoms with Crippen molar-refractivity contribution >= 4 is 23.5 Å². The highest BCUT2D eigenvalue weighted by Crippen LogP contribution is 2.26. The summed E-state index contributed by atoms with van der Waals surface area (Å²) in [5.74, 6) is -0.570. The lowest BCUT2D eigenvalue weighted by atomic mass is 9.86.